The van der Waals surface area contributed by atoms with E-state index in [9.17, 15) is 13.2 Å². The first kappa shape index (κ1) is 14.4. The lowest BCUT2D eigenvalue weighted by Gasteiger charge is -2.15. The van der Waals surface area contributed by atoms with Crippen molar-refractivity contribution in [3.05, 3.63) is 27.3 Å². The Hall–Kier alpha value is -0.670. The maximum absolute atomic E-state index is 12.0. The lowest BCUT2D eigenvalue weighted by molar-refractivity contribution is 0.0695. The molecule has 0 spiro atoms. The van der Waals surface area contributed by atoms with Crippen molar-refractivity contribution < 1.29 is 18.3 Å². The average Bonchev–Trinajstić information content (AvgIpc) is 2.27. The molecule has 0 saturated carbocycles. The number of nitrogens with zero attached hydrogens (tertiary/aromatic N) is 1. The Morgan fingerprint density at radius 2 is 2.06 bits per heavy atom. The van der Waals surface area contributed by atoms with Crippen molar-refractivity contribution in [2.45, 2.75) is 11.8 Å². The van der Waals surface area contributed by atoms with E-state index in [0.29, 0.717) is 10.1 Å². The van der Waals surface area contributed by atoms with Gasteiger partial charge in [0.15, 0.2) is 0 Å². The first-order valence-electron chi connectivity index (χ1n) is 4.80. The summed E-state index contributed by atoms with van der Waals surface area (Å²) in [6.45, 7) is 2.04. The van der Waals surface area contributed by atoms with Crippen LogP contribution in [0, 0.1) is 3.57 Å². The van der Waals surface area contributed by atoms with E-state index in [1.165, 1.54) is 29.6 Å². The number of hydrogen-bond acceptors (Lipinski definition) is 3. The zero-order chi connectivity index (χ0) is 13.2. The molecule has 1 aromatic carbocycles. The summed E-state index contributed by atoms with van der Waals surface area (Å²) in [7, 11) is -2.14. The molecule has 7 heteroatoms. The standard InChI is InChI=1S/C10H12INO4S/c1-3-12(2)17(15,16)7-4-5-9(11)8(6-7)10(13)14/h4-6H,3H2,1-2H3,(H,13,14). The molecule has 0 unspecified atom stereocenters. The van der Waals surface area contributed by atoms with Crippen molar-refractivity contribution in [1.82, 2.24) is 4.31 Å². The van der Waals surface area contributed by atoms with Crippen molar-refractivity contribution in [1.29, 1.82) is 0 Å². The van der Waals surface area contributed by atoms with Crippen LogP contribution in [0.1, 0.15) is 17.3 Å². The fourth-order valence-corrected chi connectivity index (χ4v) is 2.95. The Kier molecular flexibility index (Phi) is 4.50. The van der Waals surface area contributed by atoms with Gasteiger partial charge in [-0.05, 0) is 40.8 Å². The second-order valence-corrected chi connectivity index (χ2v) is 6.57. The predicted octanol–water partition coefficient (Wildman–Crippen LogP) is 1.63. The maximum Gasteiger partial charge on any atom is 0.336 e. The zero-order valence-corrected chi connectivity index (χ0v) is 12.3. The highest BCUT2D eigenvalue weighted by Gasteiger charge is 2.21. The molecular weight excluding hydrogens is 357 g/mol. The molecule has 1 aromatic rings. The Morgan fingerprint density at radius 3 is 2.53 bits per heavy atom. The van der Waals surface area contributed by atoms with Gasteiger partial charge in [-0.2, -0.15) is 0 Å². The quantitative estimate of drug-likeness (QED) is 0.819. The molecule has 0 aliphatic heterocycles. The van der Waals surface area contributed by atoms with Crippen molar-refractivity contribution in [2.75, 3.05) is 13.6 Å². The van der Waals surface area contributed by atoms with Crippen LogP contribution in [0.5, 0.6) is 0 Å². The Labute approximate surface area is 114 Å². The van der Waals surface area contributed by atoms with E-state index in [1.54, 1.807) is 6.92 Å². The van der Waals surface area contributed by atoms with E-state index in [1.807, 2.05) is 22.6 Å². The maximum atomic E-state index is 12.0. The van der Waals surface area contributed by atoms with Gasteiger partial charge in [0.05, 0.1) is 10.5 Å². The number of hydrogen-bond donors (Lipinski definition) is 1. The normalized spacial score (nSPS) is 11.8. The first-order chi connectivity index (χ1) is 7.80. The smallest absolute Gasteiger partial charge is 0.336 e. The Bertz CT molecular complexity index is 541. The van der Waals surface area contributed by atoms with Crippen molar-refractivity contribution >= 4 is 38.6 Å². The van der Waals surface area contributed by atoms with Crippen LogP contribution >= 0.6 is 22.6 Å². The molecule has 1 N–H and O–H groups in total. The van der Waals surface area contributed by atoms with E-state index in [-0.39, 0.29) is 10.5 Å². The highest BCUT2D eigenvalue weighted by Crippen LogP contribution is 2.20. The molecule has 0 atom stereocenters. The molecule has 0 bridgehead atoms. The average molecular weight is 369 g/mol. The zero-order valence-electron chi connectivity index (χ0n) is 9.34. The van der Waals surface area contributed by atoms with Gasteiger partial charge in [-0.1, -0.05) is 6.92 Å². The number of carbonyl (C=O) groups is 1. The summed E-state index contributed by atoms with van der Waals surface area (Å²) in [6.07, 6.45) is 0. The number of benzene rings is 1. The van der Waals surface area contributed by atoms with E-state index in [2.05, 4.69) is 0 Å². The van der Waals surface area contributed by atoms with Crippen molar-refractivity contribution in [2.24, 2.45) is 0 Å². The summed E-state index contributed by atoms with van der Waals surface area (Å²) in [6, 6.07) is 4.09. The molecule has 0 aliphatic carbocycles. The molecule has 94 valence electrons. The Balaban J connectivity index is 3.35. The lowest BCUT2D eigenvalue weighted by atomic mass is 10.2. The van der Waals surface area contributed by atoms with Gasteiger partial charge < -0.3 is 5.11 Å². The molecular formula is C10H12INO4S. The summed E-state index contributed by atoms with van der Waals surface area (Å²) in [4.78, 5) is 10.9. The lowest BCUT2D eigenvalue weighted by Crippen LogP contribution is -2.26. The molecule has 0 amide bonds. The van der Waals surface area contributed by atoms with Crippen LogP contribution in [-0.4, -0.2) is 37.4 Å². The topological polar surface area (TPSA) is 74.7 Å². The van der Waals surface area contributed by atoms with Gasteiger partial charge in [0.2, 0.25) is 10.0 Å². The number of halogens is 1. The van der Waals surface area contributed by atoms with Crippen LogP contribution < -0.4 is 0 Å². The fourth-order valence-electron chi connectivity index (χ4n) is 1.18. The molecule has 0 heterocycles. The van der Waals surface area contributed by atoms with Crippen LogP contribution in [-0.2, 0) is 10.0 Å². The summed E-state index contributed by atoms with van der Waals surface area (Å²) in [5.41, 5.74) is -0.00354. The highest BCUT2D eigenvalue weighted by molar-refractivity contribution is 14.1. The molecule has 0 saturated heterocycles. The van der Waals surface area contributed by atoms with Crippen LogP contribution in [0.25, 0.3) is 0 Å². The van der Waals surface area contributed by atoms with Crippen molar-refractivity contribution in [3.63, 3.8) is 0 Å². The largest absolute Gasteiger partial charge is 0.478 e. The van der Waals surface area contributed by atoms with Crippen LogP contribution in [0.4, 0.5) is 0 Å². The van der Waals surface area contributed by atoms with Crippen LogP contribution in [0.15, 0.2) is 23.1 Å². The minimum atomic E-state index is -3.60. The molecule has 0 aromatic heterocycles. The third-order valence-corrected chi connectivity index (χ3v) is 5.19. The van der Waals surface area contributed by atoms with E-state index in [4.69, 9.17) is 5.11 Å². The summed E-state index contributed by atoms with van der Waals surface area (Å²) < 4.78 is 25.6. The fraction of sp³-hybridized carbons (Fsp3) is 0.300. The second kappa shape index (κ2) is 5.32. The van der Waals surface area contributed by atoms with E-state index >= 15 is 0 Å². The minimum absolute atomic E-state index is 0.000309. The monoisotopic (exact) mass is 369 g/mol. The van der Waals surface area contributed by atoms with Crippen LogP contribution in [0.3, 0.4) is 0 Å². The van der Waals surface area contributed by atoms with E-state index < -0.39 is 16.0 Å². The summed E-state index contributed by atoms with van der Waals surface area (Å²) in [5.74, 6) is -1.13. The third kappa shape index (κ3) is 2.96. The molecule has 0 aliphatic rings. The number of sulfonamides is 1. The molecule has 1 rings (SSSR count). The highest BCUT2D eigenvalue weighted by atomic mass is 127. The second-order valence-electron chi connectivity index (χ2n) is 3.37. The summed E-state index contributed by atoms with van der Waals surface area (Å²) in [5, 5.41) is 8.94. The number of rotatable bonds is 4. The van der Waals surface area contributed by atoms with Gasteiger partial charge in [-0.3, -0.25) is 0 Å². The number of aromatic carboxylic acids is 1. The molecule has 0 fully saturated rings. The molecule has 5 nitrogen and oxygen atoms in total. The van der Waals surface area contributed by atoms with Gasteiger partial charge in [0.1, 0.15) is 0 Å². The van der Waals surface area contributed by atoms with Crippen LogP contribution in [0.2, 0.25) is 0 Å². The van der Waals surface area contributed by atoms with Crippen molar-refractivity contribution in [3.8, 4) is 0 Å². The van der Waals surface area contributed by atoms with Gasteiger partial charge in [-0.25, -0.2) is 17.5 Å². The third-order valence-electron chi connectivity index (χ3n) is 2.32. The molecule has 17 heavy (non-hydrogen) atoms. The SMILES string of the molecule is CCN(C)S(=O)(=O)c1ccc(I)c(C(=O)O)c1. The first-order valence-corrected chi connectivity index (χ1v) is 7.31. The van der Waals surface area contributed by atoms with Gasteiger partial charge >= 0.3 is 5.97 Å². The van der Waals surface area contributed by atoms with Gasteiger partial charge in [0.25, 0.3) is 0 Å². The molecule has 0 radical (unpaired) electrons. The van der Waals surface area contributed by atoms with E-state index in [0.717, 1.165) is 0 Å². The predicted molar refractivity (Wildman–Crippen MR) is 71.6 cm³/mol. The van der Waals surface area contributed by atoms with Gasteiger partial charge in [0, 0.05) is 17.2 Å². The Morgan fingerprint density at radius 1 is 1.47 bits per heavy atom. The number of carboxylic acid groups (broad SMARTS) is 1. The number of carboxylic acids is 1. The summed E-state index contributed by atoms with van der Waals surface area (Å²) >= 11 is 1.86. The minimum Gasteiger partial charge on any atom is -0.478 e. The van der Waals surface area contributed by atoms with Gasteiger partial charge in [-0.15, -0.1) is 0 Å².